The van der Waals surface area contributed by atoms with Gasteiger partial charge in [-0.1, -0.05) is 0 Å². The first-order valence-electron chi connectivity index (χ1n) is 12.6. The maximum absolute atomic E-state index is 13.8. The summed E-state index contributed by atoms with van der Waals surface area (Å²) < 4.78 is 254. The van der Waals surface area contributed by atoms with Crippen LogP contribution in [0.3, 0.4) is 0 Å². The molecule has 0 aromatic rings. The summed E-state index contributed by atoms with van der Waals surface area (Å²) in [5.74, 6) is -56.5. The summed E-state index contributed by atoms with van der Waals surface area (Å²) in [5, 5.41) is 8.49. The number of aliphatic hydroxyl groups is 1. The van der Waals surface area contributed by atoms with Gasteiger partial charge in [-0.3, -0.25) is 0 Å². The van der Waals surface area contributed by atoms with Crippen molar-refractivity contribution in [3.05, 3.63) is 0 Å². The van der Waals surface area contributed by atoms with Gasteiger partial charge in [0, 0.05) is 6.42 Å². The molecular formula is C22H29F17O7. The normalized spacial score (nSPS) is 14.7. The van der Waals surface area contributed by atoms with Crippen molar-refractivity contribution in [3.63, 3.8) is 0 Å². The standard InChI is InChI=1S/C22H29F17O7/c23-15(24,1-3-41-5-7-43-9-11-45-13-14-46-12-10-44-8-6-42-4-2-40)16(25,26)17(27,28)18(29,30)19(31,32)20(33,34)21(35,36)22(37,38)39/h40H,1-14H2. The van der Waals surface area contributed by atoms with Crippen molar-refractivity contribution in [3.8, 4) is 0 Å². The number of halogens is 17. The molecule has 1 N–H and O–H groups in total. The highest BCUT2D eigenvalue weighted by Crippen LogP contribution is 2.64. The van der Waals surface area contributed by atoms with Gasteiger partial charge in [0.25, 0.3) is 0 Å². The van der Waals surface area contributed by atoms with E-state index in [1.807, 2.05) is 0 Å². The SMILES string of the molecule is OCCOCCOCCOCCOCCOCCOCCC(F)(F)C(F)(F)C(F)(F)C(F)(F)C(F)(F)C(F)(F)C(F)(F)C(F)(F)F. The summed E-state index contributed by atoms with van der Waals surface area (Å²) in [7, 11) is 0. The summed E-state index contributed by atoms with van der Waals surface area (Å²) in [6.45, 7) is -1.86. The van der Waals surface area contributed by atoms with Gasteiger partial charge >= 0.3 is 47.6 Å². The van der Waals surface area contributed by atoms with E-state index in [0.717, 1.165) is 0 Å². The van der Waals surface area contributed by atoms with Gasteiger partial charge in [0.2, 0.25) is 0 Å². The third-order valence-electron chi connectivity index (χ3n) is 5.44. The van der Waals surface area contributed by atoms with E-state index in [1.54, 1.807) is 0 Å². The molecule has 0 aliphatic rings. The second-order valence-electron chi connectivity index (χ2n) is 8.80. The average Bonchev–Trinajstić information content (AvgIpc) is 2.93. The molecule has 0 spiro atoms. The molecule has 0 aromatic carbocycles. The third kappa shape index (κ3) is 10.5. The molecule has 0 radical (unpaired) electrons. The average molecular weight is 728 g/mol. The molecule has 0 amide bonds. The summed E-state index contributed by atoms with van der Waals surface area (Å²) in [5.41, 5.74) is 0. The molecule has 0 bridgehead atoms. The Morgan fingerprint density at radius 1 is 0.304 bits per heavy atom. The number of aliphatic hydroxyl groups excluding tert-OH is 1. The summed E-state index contributed by atoms with van der Waals surface area (Å²) in [6.07, 6.45) is -10.5. The largest absolute Gasteiger partial charge is 0.460 e. The molecular weight excluding hydrogens is 699 g/mol. The fourth-order valence-electron chi connectivity index (χ4n) is 2.82. The highest BCUT2D eigenvalue weighted by molar-refractivity contribution is 5.15. The van der Waals surface area contributed by atoms with Crippen LogP contribution in [0.1, 0.15) is 6.42 Å². The van der Waals surface area contributed by atoms with E-state index in [1.165, 1.54) is 0 Å². The fraction of sp³-hybridized carbons (Fsp3) is 1.00. The quantitative estimate of drug-likeness (QED) is 0.0936. The Kier molecular flexibility index (Phi) is 17.2. The van der Waals surface area contributed by atoms with E-state index in [-0.39, 0.29) is 66.1 Å². The van der Waals surface area contributed by atoms with E-state index < -0.39 is 73.9 Å². The first-order valence-corrected chi connectivity index (χ1v) is 12.6. The molecule has 0 aliphatic heterocycles. The fourth-order valence-corrected chi connectivity index (χ4v) is 2.82. The predicted octanol–water partition coefficient (Wildman–Crippen LogP) is 5.48. The smallest absolute Gasteiger partial charge is 0.394 e. The first-order chi connectivity index (χ1) is 20.8. The molecule has 46 heavy (non-hydrogen) atoms. The zero-order valence-corrected chi connectivity index (χ0v) is 23.2. The minimum atomic E-state index is -8.65. The van der Waals surface area contributed by atoms with Crippen molar-refractivity contribution in [2.45, 2.75) is 54.1 Å². The monoisotopic (exact) mass is 728 g/mol. The van der Waals surface area contributed by atoms with Gasteiger partial charge in [0.15, 0.2) is 0 Å². The lowest BCUT2D eigenvalue weighted by atomic mass is 9.88. The highest BCUT2D eigenvalue weighted by atomic mass is 19.4. The van der Waals surface area contributed by atoms with Crippen molar-refractivity contribution in [1.82, 2.24) is 0 Å². The van der Waals surface area contributed by atoms with Gasteiger partial charge in [-0.2, -0.15) is 74.6 Å². The van der Waals surface area contributed by atoms with E-state index in [0.29, 0.717) is 0 Å². The maximum Gasteiger partial charge on any atom is 0.460 e. The van der Waals surface area contributed by atoms with Gasteiger partial charge < -0.3 is 33.5 Å². The Labute approximate surface area is 249 Å². The van der Waals surface area contributed by atoms with Gasteiger partial charge in [-0.15, -0.1) is 0 Å². The summed E-state index contributed by atoms with van der Waals surface area (Å²) in [6, 6.07) is 0. The van der Waals surface area contributed by atoms with Crippen LogP contribution in [0, 0.1) is 0 Å². The van der Waals surface area contributed by atoms with Gasteiger partial charge in [-0.05, 0) is 0 Å². The van der Waals surface area contributed by atoms with Crippen LogP contribution in [0.15, 0.2) is 0 Å². The van der Waals surface area contributed by atoms with Gasteiger partial charge in [-0.25, -0.2) is 0 Å². The molecule has 0 atom stereocenters. The topological polar surface area (TPSA) is 75.6 Å². The van der Waals surface area contributed by atoms with Crippen LogP contribution >= 0.6 is 0 Å². The van der Waals surface area contributed by atoms with E-state index in [2.05, 4.69) is 4.74 Å². The second-order valence-corrected chi connectivity index (χ2v) is 8.80. The third-order valence-corrected chi connectivity index (χ3v) is 5.44. The molecule has 0 rings (SSSR count). The molecule has 0 unspecified atom stereocenters. The molecule has 0 heterocycles. The van der Waals surface area contributed by atoms with Crippen molar-refractivity contribution >= 4 is 0 Å². The van der Waals surface area contributed by atoms with Crippen molar-refractivity contribution < 1.29 is 108 Å². The Hall–Kier alpha value is -1.47. The molecule has 0 fully saturated rings. The van der Waals surface area contributed by atoms with Crippen LogP contribution in [-0.4, -0.2) is 139 Å². The lowest BCUT2D eigenvalue weighted by Crippen LogP contribution is -2.74. The number of alkyl halides is 17. The minimum Gasteiger partial charge on any atom is -0.394 e. The Balaban J connectivity index is 4.67. The molecule has 278 valence electrons. The van der Waals surface area contributed by atoms with Gasteiger partial charge in [0.05, 0.1) is 85.9 Å². The molecule has 24 heteroatoms. The summed E-state index contributed by atoms with van der Waals surface area (Å²) in [4.78, 5) is 0. The molecule has 0 saturated carbocycles. The Bertz CT molecular complexity index is 857. The number of hydrogen-bond acceptors (Lipinski definition) is 7. The molecule has 7 nitrogen and oxygen atoms in total. The van der Waals surface area contributed by atoms with E-state index in [9.17, 15) is 74.6 Å². The van der Waals surface area contributed by atoms with E-state index >= 15 is 0 Å². The Morgan fingerprint density at radius 2 is 0.543 bits per heavy atom. The highest BCUT2D eigenvalue weighted by Gasteiger charge is 2.95. The molecule has 0 aromatic heterocycles. The lowest BCUT2D eigenvalue weighted by Gasteiger charge is -2.42. The second kappa shape index (κ2) is 17.8. The Morgan fingerprint density at radius 3 is 0.826 bits per heavy atom. The zero-order chi connectivity index (χ0) is 36.1. The first kappa shape index (κ1) is 44.5. The maximum atomic E-state index is 13.8. The number of hydrogen-bond donors (Lipinski definition) is 1. The van der Waals surface area contributed by atoms with Crippen LogP contribution in [0.2, 0.25) is 0 Å². The van der Waals surface area contributed by atoms with E-state index in [4.69, 9.17) is 28.8 Å². The van der Waals surface area contributed by atoms with Crippen molar-refractivity contribution in [2.75, 3.05) is 85.9 Å². The number of rotatable bonds is 26. The van der Waals surface area contributed by atoms with Crippen LogP contribution in [0.4, 0.5) is 74.6 Å². The van der Waals surface area contributed by atoms with Crippen molar-refractivity contribution in [1.29, 1.82) is 0 Å². The molecule has 0 aliphatic carbocycles. The van der Waals surface area contributed by atoms with Crippen LogP contribution in [0.5, 0.6) is 0 Å². The number of ether oxygens (including phenoxy) is 6. The van der Waals surface area contributed by atoms with Crippen LogP contribution in [0.25, 0.3) is 0 Å². The van der Waals surface area contributed by atoms with Gasteiger partial charge in [0.1, 0.15) is 0 Å². The minimum absolute atomic E-state index is 0.0613. The lowest BCUT2D eigenvalue weighted by molar-refractivity contribution is -0.462. The van der Waals surface area contributed by atoms with Crippen LogP contribution in [-0.2, 0) is 28.4 Å². The predicted molar refractivity (Wildman–Crippen MR) is 117 cm³/mol. The molecule has 0 saturated heterocycles. The van der Waals surface area contributed by atoms with Crippen molar-refractivity contribution in [2.24, 2.45) is 0 Å². The summed E-state index contributed by atoms with van der Waals surface area (Å²) >= 11 is 0. The van der Waals surface area contributed by atoms with Crippen LogP contribution < -0.4 is 0 Å². The zero-order valence-electron chi connectivity index (χ0n) is 23.2.